The van der Waals surface area contributed by atoms with Crippen molar-refractivity contribution in [2.24, 2.45) is 9.98 Å². The van der Waals surface area contributed by atoms with Crippen LogP contribution in [0, 0.1) is 0 Å². The molecule has 0 aromatic heterocycles. The van der Waals surface area contributed by atoms with Gasteiger partial charge in [0, 0.05) is 31.5 Å². The molecule has 2 aromatic carbocycles. The van der Waals surface area contributed by atoms with Gasteiger partial charge in [0.05, 0.1) is 19.4 Å². The molecule has 0 aliphatic carbocycles. The van der Waals surface area contributed by atoms with Gasteiger partial charge < -0.3 is 9.47 Å². The summed E-state index contributed by atoms with van der Waals surface area (Å²) in [5.41, 5.74) is 5.65. The van der Waals surface area contributed by atoms with Crippen molar-refractivity contribution in [1.29, 1.82) is 0 Å². The van der Waals surface area contributed by atoms with E-state index in [4.69, 9.17) is 9.47 Å². The van der Waals surface area contributed by atoms with Gasteiger partial charge in [-0.3, -0.25) is 9.98 Å². The topological polar surface area (TPSA) is 43.2 Å². The van der Waals surface area contributed by atoms with E-state index in [-0.39, 0.29) is 0 Å². The number of benzene rings is 2. The van der Waals surface area contributed by atoms with Crippen LogP contribution in [0.1, 0.15) is 55.4 Å². The first-order chi connectivity index (χ1) is 17.2. The van der Waals surface area contributed by atoms with E-state index in [2.05, 4.69) is 72.0 Å². The largest absolute Gasteiger partial charge is 0.496 e. The third-order valence-electron chi connectivity index (χ3n) is 5.62. The second-order valence-corrected chi connectivity index (χ2v) is 8.47. The summed E-state index contributed by atoms with van der Waals surface area (Å²) in [7, 11) is 0. The van der Waals surface area contributed by atoms with Crippen molar-refractivity contribution >= 4 is 24.1 Å². The first-order valence-electron chi connectivity index (χ1n) is 12.3. The lowest BCUT2D eigenvalue weighted by atomic mass is 9.99. The number of fused-ring (bicyclic) bond motifs is 1. The van der Waals surface area contributed by atoms with E-state index in [0.29, 0.717) is 13.2 Å². The van der Waals surface area contributed by atoms with Gasteiger partial charge >= 0.3 is 0 Å². The van der Waals surface area contributed by atoms with Crippen LogP contribution in [0.3, 0.4) is 0 Å². The van der Waals surface area contributed by atoms with Crippen LogP contribution in [0.5, 0.6) is 5.75 Å². The Morgan fingerprint density at radius 3 is 2.94 bits per heavy atom. The number of hydrogen-bond acceptors (Lipinski definition) is 4. The fraction of sp³-hybridized carbons (Fsp3) is 0.290. The molecule has 0 amide bonds. The second kappa shape index (κ2) is 14.6. The third kappa shape index (κ3) is 9.24. The summed E-state index contributed by atoms with van der Waals surface area (Å²) in [6.07, 6.45) is 18.6. The number of nitrogens with zero attached hydrogens (tertiary/aromatic N) is 2. The zero-order valence-corrected chi connectivity index (χ0v) is 21.0. The van der Waals surface area contributed by atoms with Gasteiger partial charge in [-0.25, -0.2) is 0 Å². The predicted molar refractivity (Wildman–Crippen MR) is 149 cm³/mol. The van der Waals surface area contributed by atoms with Crippen molar-refractivity contribution in [3.63, 3.8) is 0 Å². The predicted octanol–water partition coefficient (Wildman–Crippen LogP) is 7.61. The van der Waals surface area contributed by atoms with E-state index in [1.807, 2.05) is 31.5 Å². The van der Waals surface area contributed by atoms with Crippen LogP contribution in [-0.4, -0.2) is 25.6 Å². The van der Waals surface area contributed by atoms with E-state index in [0.717, 1.165) is 54.7 Å². The summed E-state index contributed by atoms with van der Waals surface area (Å²) in [5.74, 6) is 1.68. The van der Waals surface area contributed by atoms with Gasteiger partial charge in [0.1, 0.15) is 11.5 Å². The Balaban J connectivity index is 1.37. The Hall–Kier alpha value is -3.66. The number of aliphatic imine (C=N–C) groups is 2. The molecule has 0 N–H and O–H groups in total. The maximum Gasteiger partial charge on any atom is 0.119 e. The fourth-order valence-electron chi connectivity index (χ4n) is 3.68. The van der Waals surface area contributed by atoms with Crippen molar-refractivity contribution in [3.05, 3.63) is 102 Å². The Kier molecular flexibility index (Phi) is 10.8. The molecule has 0 radical (unpaired) electrons. The van der Waals surface area contributed by atoms with E-state index in [1.54, 1.807) is 12.4 Å². The quantitative estimate of drug-likeness (QED) is 0.131. The molecule has 2 aromatic rings. The zero-order chi connectivity index (χ0) is 24.7. The van der Waals surface area contributed by atoms with Crippen molar-refractivity contribution in [1.82, 2.24) is 0 Å². The molecule has 0 fully saturated rings. The summed E-state index contributed by atoms with van der Waals surface area (Å²) < 4.78 is 11.7. The van der Waals surface area contributed by atoms with Gasteiger partial charge in [-0.15, -0.1) is 0 Å². The summed E-state index contributed by atoms with van der Waals surface area (Å²) >= 11 is 0. The van der Waals surface area contributed by atoms with E-state index < -0.39 is 0 Å². The standard InChI is InChI=1S/C31H36N2O2/c1-4-5-6-7-10-27-11-8-12-31(21-27)35-20-9-19-34-26(3)24-33-23-25(2)29-14-13-28-15-17-32-18-16-30(28)22-29/h4-5,8,11-14,16-18,21-24H,2,6-7,9-10,15,19-20H2,1,3H3/b5-4-,26-24+,33-23?. The monoisotopic (exact) mass is 468 g/mol. The van der Waals surface area contributed by atoms with E-state index >= 15 is 0 Å². The lowest BCUT2D eigenvalue weighted by molar-refractivity contribution is 0.184. The van der Waals surface area contributed by atoms with Crippen LogP contribution < -0.4 is 4.74 Å². The van der Waals surface area contributed by atoms with Crippen molar-refractivity contribution in [3.8, 4) is 5.75 Å². The van der Waals surface area contributed by atoms with Gasteiger partial charge in [0.25, 0.3) is 0 Å². The second-order valence-electron chi connectivity index (χ2n) is 8.47. The Morgan fingerprint density at radius 2 is 2.06 bits per heavy atom. The summed E-state index contributed by atoms with van der Waals surface area (Å²) in [4.78, 5) is 8.59. The van der Waals surface area contributed by atoms with Gasteiger partial charge in [0.2, 0.25) is 0 Å². The average molecular weight is 469 g/mol. The SMILES string of the molecule is C=C(C=N/C=C(\C)OCCCOc1cccc(CCC/C=C\C)c1)c1ccc2c(c1)C=CN=CC2. The minimum Gasteiger partial charge on any atom is -0.496 e. The van der Waals surface area contributed by atoms with Crippen LogP contribution in [0.25, 0.3) is 11.6 Å². The van der Waals surface area contributed by atoms with Crippen LogP contribution >= 0.6 is 0 Å². The van der Waals surface area contributed by atoms with Gasteiger partial charge in [-0.05, 0) is 85.2 Å². The van der Waals surface area contributed by atoms with Crippen LogP contribution in [-0.2, 0) is 17.6 Å². The van der Waals surface area contributed by atoms with Gasteiger partial charge in [-0.2, -0.15) is 0 Å². The molecule has 4 nitrogen and oxygen atoms in total. The minimum atomic E-state index is 0.584. The highest BCUT2D eigenvalue weighted by molar-refractivity contribution is 6.09. The maximum absolute atomic E-state index is 5.90. The minimum absolute atomic E-state index is 0.584. The molecule has 182 valence electrons. The highest BCUT2D eigenvalue weighted by atomic mass is 16.5. The smallest absolute Gasteiger partial charge is 0.119 e. The number of unbranched alkanes of at least 4 members (excludes halogenated alkanes) is 1. The van der Waals surface area contributed by atoms with Crippen molar-refractivity contribution < 1.29 is 9.47 Å². The molecule has 0 unspecified atom stereocenters. The summed E-state index contributed by atoms with van der Waals surface area (Å²) in [6, 6.07) is 14.7. The lowest BCUT2D eigenvalue weighted by Crippen LogP contribution is -2.02. The Morgan fingerprint density at radius 1 is 1.14 bits per heavy atom. The molecule has 0 spiro atoms. The van der Waals surface area contributed by atoms with Crippen molar-refractivity contribution in [2.75, 3.05) is 13.2 Å². The molecule has 0 saturated heterocycles. The summed E-state index contributed by atoms with van der Waals surface area (Å²) in [5, 5.41) is 0. The molecule has 1 aliphatic rings. The molecular formula is C31H36N2O2. The first kappa shape index (κ1) is 26.0. The van der Waals surface area contributed by atoms with Crippen molar-refractivity contribution in [2.45, 2.75) is 46.0 Å². The molecule has 1 heterocycles. The molecular weight excluding hydrogens is 432 g/mol. The molecule has 0 atom stereocenters. The molecule has 35 heavy (non-hydrogen) atoms. The Bertz CT molecular complexity index is 1120. The normalized spacial score (nSPS) is 13.3. The third-order valence-corrected chi connectivity index (χ3v) is 5.62. The molecule has 1 aliphatic heterocycles. The summed E-state index contributed by atoms with van der Waals surface area (Å²) in [6.45, 7) is 9.32. The van der Waals surface area contributed by atoms with E-state index in [1.165, 1.54) is 16.7 Å². The van der Waals surface area contributed by atoms with Crippen LogP contribution in [0.4, 0.5) is 0 Å². The first-order valence-corrected chi connectivity index (χ1v) is 12.3. The highest BCUT2D eigenvalue weighted by Gasteiger charge is 2.04. The number of aryl methyl sites for hydroxylation is 1. The number of rotatable bonds is 13. The number of hydrogen-bond donors (Lipinski definition) is 0. The Labute approximate surface area is 210 Å². The molecule has 0 saturated carbocycles. The van der Waals surface area contributed by atoms with Crippen LogP contribution in [0.15, 0.2) is 89.3 Å². The lowest BCUT2D eigenvalue weighted by Gasteiger charge is -2.09. The zero-order valence-electron chi connectivity index (χ0n) is 21.0. The average Bonchev–Trinajstić information content (AvgIpc) is 3.11. The molecule has 0 bridgehead atoms. The molecule has 4 heteroatoms. The van der Waals surface area contributed by atoms with E-state index in [9.17, 15) is 0 Å². The number of allylic oxidation sites excluding steroid dienone is 4. The molecule has 3 rings (SSSR count). The van der Waals surface area contributed by atoms with Gasteiger partial charge in [-0.1, -0.05) is 43.0 Å². The van der Waals surface area contributed by atoms with Gasteiger partial charge in [0.15, 0.2) is 0 Å². The number of ether oxygens (including phenoxy) is 2. The highest BCUT2D eigenvalue weighted by Crippen LogP contribution is 2.20. The van der Waals surface area contributed by atoms with Crippen LogP contribution in [0.2, 0.25) is 0 Å². The maximum atomic E-state index is 5.90. The fourth-order valence-corrected chi connectivity index (χ4v) is 3.68.